The summed E-state index contributed by atoms with van der Waals surface area (Å²) in [6.45, 7) is 0. The molecule has 0 aromatic heterocycles. The molecule has 31 heavy (non-hydrogen) atoms. The molecule has 0 aliphatic heterocycles. The van der Waals surface area contributed by atoms with E-state index in [1.165, 1.54) is 0 Å². The average molecular weight is 438 g/mol. The van der Waals surface area contributed by atoms with Crippen molar-refractivity contribution >= 4 is 17.3 Å². The molecule has 3 aromatic carbocycles. The third-order valence-corrected chi connectivity index (χ3v) is 4.45. The number of amides is 1. The minimum absolute atomic E-state index is 0.0206. The summed E-state index contributed by atoms with van der Waals surface area (Å²) >= 11 is 0. The van der Waals surface area contributed by atoms with E-state index in [9.17, 15) is 31.1 Å². The lowest BCUT2D eigenvalue weighted by Gasteiger charge is -2.16. The fourth-order valence-corrected chi connectivity index (χ4v) is 3.10. The van der Waals surface area contributed by atoms with E-state index in [0.717, 1.165) is 0 Å². The van der Waals surface area contributed by atoms with Crippen LogP contribution in [0.25, 0.3) is 11.1 Å². The number of anilines is 2. The number of benzene rings is 3. The Balaban J connectivity index is 1.91. The minimum Gasteiger partial charge on any atom is -0.398 e. The highest BCUT2D eigenvalue weighted by atomic mass is 19.4. The number of nitrogens with two attached hydrogens (primary N) is 1. The Hall–Kier alpha value is -3.49. The van der Waals surface area contributed by atoms with E-state index in [1.807, 2.05) is 0 Å². The molecule has 0 saturated heterocycles. The number of hydrogen-bond donors (Lipinski definition) is 2. The van der Waals surface area contributed by atoms with Gasteiger partial charge in [-0.2, -0.15) is 26.3 Å². The third kappa shape index (κ3) is 5.36. The van der Waals surface area contributed by atoms with Crippen molar-refractivity contribution in [1.29, 1.82) is 0 Å². The maximum absolute atomic E-state index is 13.0. The van der Waals surface area contributed by atoms with Crippen LogP contribution in [0, 0.1) is 0 Å². The van der Waals surface area contributed by atoms with Crippen LogP contribution in [0.3, 0.4) is 0 Å². The second-order valence-electron chi connectivity index (χ2n) is 6.77. The molecule has 0 radical (unpaired) electrons. The quantitative estimate of drug-likeness (QED) is 0.379. The van der Waals surface area contributed by atoms with Gasteiger partial charge in [-0.1, -0.05) is 36.4 Å². The first-order valence-electron chi connectivity index (χ1n) is 8.97. The van der Waals surface area contributed by atoms with Gasteiger partial charge in [0, 0.05) is 11.3 Å². The van der Waals surface area contributed by atoms with Crippen molar-refractivity contribution < 1.29 is 31.1 Å². The number of nitrogens with one attached hydrogen (secondary N) is 1. The maximum Gasteiger partial charge on any atom is 0.416 e. The molecule has 0 spiro atoms. The summed E-state index contributed by atoms with van der Waals surface area (Å²) in [5.41, 5.74) is 4.48. The number of halogens is 6. The van der Waals surface area contributed by atoms with Gasteiger partial charge in [0.05, 0.1) is 23.2 Å². The normalized spacial score (nSPS) is 11.9. The number of carbonyl (C=O) groups is 1. The van der Waals surface area contributed by atoms with E-state index in [0.29, 0.717) is 34.6 Å². The van der Waals surface area contributed by atoms with Crippen LogP contribution in [-0.2, 0) is 23.6 Å². The van der Waals surface area contributed by atoms with Gasteiger partial charge in [-0.3, -0.25) is 4.79 Å². The van der Waals surface area contributed by atoms with Crippen LogP contribution in [0.1, 0.15) is 16.7 Å². The molecular formula is C22H16F6N2O. The maximum atomic E-state index is 13.0. The summed E-state index contributed by atoms with van der Waals surface area (Å²) in [6, 6.07) is 14.6. The zero-order valence-electron chi connectivity index (χ0n) is 15.8. The molecule has 0 fully saturated rings. The molecule has 0 aliphatic carbocycles. The molecule has 1 amide bonds. The van der Waals surface area contributed by atoms with Crippen LogP contribution in [0.4, 0.5) is 37.7 Å². The van der Waals surface area contributed by atoms with Crippen LogP contribution >= 0.6 is 0 Å². The van der Waals surface area contributed by atoms with E-state index in [4.69, 9.17) is 5.73 Å². The summed E-state index contributed by atoms with van der Waals surface area (Å²) in [5, 5.41) is 2.53. The molecule has 0 heterocycles. The molecule has 0 saturated carbocycles. The molecule has 0 unspecified atom stereocenters. The summed E-state index contributed by atoms with van der Waals surface area (Å²) in [6.07, 6.45) is -10.7. The van der Waals surface area contributed by atoms with Crippen molar-refractivity contribution in [2.24, 2.45) is 0 Å². The molecule has 3 N–H and O–H groups in total. The van der Waals surface area contributed by atoms with Gasteiger partial charge in [-0.25, -0.2) is 0 Å². The van der Waals surface area contributed by atoms with E-state index in [1.54, 1.807) is 48.5 Å². The van der Waals surface area contributed by atoms with Crippen LogP contribution in [0.2, 0.25) is 0 Å². The second kappa shape index (κ2) is 8.33. The Morgan fingerprint density at radius 2 is 1.39 bits per heavy atom. The number of rotatable bonds is 4. The Morgan fingerprint density at radius 3 is 1.94 bits per heavy atom. The lowest BCUT2D eigenvalue weighted by Crippen LogP contribution is -2.17. The number of hydrogen-bond acceptors (Lipinski definition) is 2. The second-order valence-corrected chi connectivity index (χ2v) is 6.77. The Morgan fingerprint density at radius 1 is 0.806 bits per heavy atom. The Kier molecular flexibility index (Phi) is 5.97. The van der Waals surface area contributed by atoms with Gasteiger partial charge in [0.15, 0.2) is 0 Å². The van der Waals surface area contributed by atoms with Crippen molar-refractivity contribution in [2.75, 3.05) is 11.1 Å². The highest BCUT2D eigenvalue weighted by molar-refractivity contribution is 5.99. The van der Waals surface area contributed by atoms with Crippen LogP contribution in [-0.4, -0.2) is 5.91 Å². The van der Waals surface area contributed by atoms with E-state index in [2.05, 4.69) is 5.32 Å². The first-order chi connectivity index (χ1) is 14.4. The smallest absolute Gasteiger partial charge is 0.398 e. The van der Waals surface area contributed by atoms with Gasteiger partial charge in [0.25, 0.3) is 0 Å². The first-order valence-corrected chi connectivity index (χ1v) is 8.97. The van der Waals surface area contributed by atoms with E-state index >= 15 is 0 Å². The number of alkyl halides is 6. The van der Waals surface area contributed by atoms with Gasteiger partial charge < -0.3 is 11.1 Å². The van der Waals surface area contributed by atoms with Crippen molar-refractivity contribution in [1.82, 2.24) is 0 Å². The van der Waals surface area contributed by atoms with Crippen molar-refractivity contribution in [3.8, 4) is 11.1 Å². The first kappa shape index (κ1) is 22.2. The molecule has 3 rings (SSSR count). The van der Waals surface area contributed by atoms with Crippen LogP contribution in [0.5, 0.6) is 0 Å². The minimum atomic E-state index is -4.99. The molecule has 0 bridgehead atoms. The molecule has 162 valence electrons. The van der Waals surface area contributed by atoms with Gasteiger partial charge >= 0.3 is 12.4 Å². The monoisotopic (exact) mass is 438 g/mol. The lowest BCUT2D eigenvalue weighted by atomic mass is 10.0. The van der Waals surface area contributed by atoms with Gasteiger partial charge in [0.1, 0.15) is 0 Å². The standard InChI is InChI=1S/C22H16F6N2O/c23-21(24,25)15-9-13(10-16(12-15)22(26,27)28)11-19(31)30-18-8-4-7-17(29)20(18)14-5-2-1-3-6-14/h1-10,12H,11,29H2,(H,30,31). The third-order valence-electron chi connectivity index (χ3n) is 4.45. The molecule has 3 aromatic rings. The number of nitrogen functional groups attached to an aromatic ring is 1. The Labute approximate surface area is 173 Å². The van der Waals surface area contributed by atoms with Gasteiger partial charge in [-0.15, -0.1) is 0 Å². The molecule has 0 atom stereocenters. The lowest BCUT2D eigenvalue weighted by molar-refractivity contribution is -0.143. The Bertz CT molecular complexity index is 1060. The SMILES string of the molecule is Nc1cccc(NC(=O)Cc2cc(C(F)(F)F)cc(C(F)(F)F)c2)c1-c1ccccc1. The summed E-state index contributed by atoms with van der Waals surface area (Å²) in [5.74, 6) is -0.782. The fourth-order valence-electron chi connectivity index (χ4n) is 3.10. The van der Waals surface area contributed by atoms with Crippen LogP contribution in [0.15, 0.2) is 66.7 Å². The van der Waals surface area contributed by atoms with E-state index < -0.39 is 41.4 Å². The van der Waals surface area contributed by atoms with Crippen LogP contribution < -0.4 is 11.1 Å². The summed E-state index contributed by atoms with van der Waals surface area (Å²) in [7, 11) is 0. The summed E-state index contributed by atoms with van der Waals surface area (Å²) in [4.78, 5) is 12.5. The molecule has 9 heteroatoms. The highest BCUT2D eigenvalue weighted by Gasteiger charge is 2.37. The average Bonchev–Trinajstić information content (AvgIpc) is 2.67. The predicted molar refractivity (Wildman–Crippen MR) is 105 cm³/mol. The zero-order chi connectivity index (χ0) is 22.8. The molecule has 0 aliphatic rings. The summed E-state index contributed by atoms with van der Waals surface area (Å²) < 4.78 is 78.1. The highest BCUT2D eigenvalue weighted by Crippen LogP contribution is 2.37. The number of carbonyl (C=O) groups excluding carboxylic acids is 1. The molecule has 3 nitrogen and oxygen atoms in total. The zero-order valence-corrected chi connectivity index (χ0v) is 15.8. The predicted octanol–water partition coefficient (Wildman–Crippen LogP) is 6.15. The van der Waals surface area contributed by atoms with Gasteiger partial charge in [0.2, 0.25) is 5.91 Å². The fraction of sp³-hybridized carbons (Fsp3) is 0.136. The molecular weight excluding hydrogens is 422 g/mol. The largest absolute Gasteiger partial charge is 0.416 e. The van der Waals surface area contributed by atoms with Crippen molar-refractivity contribution in [3.63, 3.8) is 0 Å². The van der Waals surface area contributed by atoms with Crippen molar-refractivity contribution in [3.05, 3.63) is 83.4 Å². The van der Waals surface area contributed by atoms with E-state index in [-0.39, 0.29) is 6.07 Å². The topological polar surface area (TPSA) is 55.1 Å². The van der Waals surface area contributed by atoms with Crippen molar-refractivity contribution in [2.45, 2.75) is 18.8 Å². The van der Waals surface area contributed by atoms with Gasteiger partial charge in [-0.05, 0) is 41.5 Å².